The molecule has 2 atom stereocenters. The molecule has 0 aliphatic heterocycles. The van der Waals surface area contributed by atoms with Gasteiger partial charge < -0.3 is 45.9 Å². The summed E-state index contributed by atoms with van der Waals surface area (Å²) in [5.74, 6) is -0.380. The zero-order valence-corrected chi connectivity index (χ0v) is 18.2. The Morgan fingerprint density at radius 2 is 1.76 bits per heavy atom. The standard InChI is InChI=1S/C22H29N3O8/c1-14(26)25-21(29)13-33-20-5-3-2-4-19(20)32-12-15(27)11-24-8-9-31-16-6-7-18(28)17(10-16)22(23)30/h2-7,10,14-15,24,26-28H,8-9,11-13H2,1H3,(H2,23,30)(H,25,29). The van der Waals surface area contributed by atoms with Gasteiger partial charge in [0.15, 0.2) is 18.1 Å². The van der Waals surface area contributed by atoms with Crippen LogP contribution in [0.25, 0.3) is 0 Å². The predicted molar refractivity (Wildman–Crippen MR) is 118 cm³/mol. The Morgan fingerprint density at radius 1 is 1.06 bits per heavy atom. The Balaban J connectivity index is 1.69. The van der Waals surface area contributed by atoms with E-state index in [1.165, 1.54) is 25.1 Å². The van der Waals surface area contributed by atoms with Crippen molar-refractivity contribution in [2.45, 2.75) is 19.3 Å². The second-order valence-electron chi connectivity index (χ2n) is 7.04. The minimum absolute atomic E-state index is 0.0198. The van der Waals surface area contributed by atoms with Gasteiger partial charge in [-0.05, 0) is 37.3 Å². The number of hydrogen-bond acceptors (Lipinski definition) is 9. The monoisotopic (exact) mass is 463 g/mol. The average Bonchev–Trinajstić information content (AvgIpc) is 2.77. The van der Waals surface area contributed by atoms with Gasteiger partial charge in [0.05, 0.1) is 5.56 Å². The second kappa shape index (κ2) is 13.1. The van der Waals surface area contributed by atoms with Crippen molar-refractivity contribution in [1.82, 2.24) is 10.6 Å². The molecule has 0 saturated heterocycles. The molecule has 11 heteroatoms. The number of carbonyl (C=O) groups is 2. The molecule has 2 amide bonds. The van der Waals surface area contributed by atoms with Crippen LogP contribution in [-0.2, 0) is 4.79 Å². The van der Waals surface area contributed by atoms with Crippen LogP contribution in [0.3, 0.4) is 0 Å². The predicted octanol–water partition coefficient (Wildman–Crippen LogP) is -0.267. The van der Waals surface area contributed by atoms with E-state index in [1.54, 1.807) is 24.3 Å². The first kappa shape index (κ1) is 25.7. The molecule has 2 rings (SSSR count). The molecule has 0 aliphatic rings. The summed E-state index contributed by atoms with van der Waals surface area (Å²) in [6.45, 7) is 1.99. The van der Waals surface area contributed by atoms with E-state index in [2.05, 4.69) is 10.6 Å². The highest BCUT2D eigenvalue weighted by Gasteiger charge is 2.12. The number of nitrogens with one attached hydrogen (secondary N) is 2. The van der Waals surface area contributed by atoms with Crippen LogP contribution < -0.4 is 30.6 Å². The van der Waals surface area contributed by atoms with Crippen LogP contribution in [0.5, 0.6) is 23.0 Å². The summed E-state index contributed by atoms with van der Waals surface area (Å²) < 4.78 is 16.5. The lowest BCUT2D eigenvalue weighted by atomic mass is 10.2. The van der Waals surface area contributed by atoms with Crippen molar-refractivity contribution in [2.24, 2.45) is 5.73 Å². The Hall–Kier alpha value is -3.54. The smallest absolute Gasteiger partial charge is 0.259 e. The number of primary amides is 1. The van der Waals surface area contributed by atoms with Crippen LogP contribution in [0, 0.1) is 0 Å². The summed E-state index contributed by atoms with van der Waals surface area (Å²) in [5, 5.41) is 34.1. The van der Waals surface area contributed by atoms with Crippen molar-refractivity contribution in [3.05, 3.63) is 48.0 Å². The van der Waals surface area contributed by atoms with Crippen LogP contribution in [0.2, 0.25) is 0 Å². The van der Waals surface area contributed by atoms with Crippen molar-refractivity contribution in [3.63, 3.8) is 0 Å². The second-order valence-corrected chi connectivity index (χ2v) is 7.04. The molecule has 180 valence electrons. The van der Waals surface area contributed by atoms with Gasteiger partial charge in [0, 0.05) is 13.1 Å². The summed E-state index contributed by atoms with van der Waals surface area (Å²) in [5.41, 5.74) is 5.15. The summed E-state index contributed by atoms with van der Waals surface area (Å²) in [6.07, 6.45) is -1.80. The van der Waals surface area contributed by atoms with E-state index in [0.717, 1.165) is 0 Å². The van der Waals surface area contributed by atoms with Gasteiger partial charge in [0.1, 0.15) is 37.0 Å². The number of benzene rings is 2. The van der Waals surface area contributed by atoms with E-state index < -0.39 is 24.1 Å². The number of phenols is 1. The zero-order valence-electron chi connectivity index (χ0n) is 18.2. The lowest BCUT2D eigenvalue weighted by Gasteiger charge is -2.16. The van der Waals surface area contributed by atoms with E-state index >= 15 is 0 Å². The molecule has 0 fully saturated rings. The van der Waals surface area contributed by atoms with E-state index in [-0.39, 0.29) is 37.7 Å². The van der Waals surface area contributed by atoms with Gasteiger partial charge in [-0.2, -0.15) is 0 Å². The molecular weight excluding hydrogens is 434 g/mol. The third kappa shape index (κ3) is 9.23. The van der Waals surface area contributed by atoms with Crippen LogP contribution in [0.4, 0.5) is 0 Å². The number of amides is 2. The molecule has 0 spiro atoms. The molecule has 33 heavy (non-hydrogen) atoms. The maximum Gasteiger partial charge on any atom is 0.259 e. The van der Waals surface area contributed by atoms with Crippen LogP contribution in [-0.4, -0.2) is 72.4 Å². The van der Waals surface area contributed by atoms with E-state index in [0.29, 0.717) is 23.8 Å². The van der Waals surface area contributed by atoms with Gasteiger partial charge in [0.2, 0.25) is 0 Å². The molecular formula is C22H29N3O8. The van der Waals surface area contributed by atoms with Gasteiger partial charge in [-0.3, -0.25) is 9.59 Å². The molecule has 7 N–H and O–H groups in total. The summed E-state index contributed by atoms with van der Waals surface area (Å²) in [4.78, 5) is 22.8. The maximum absolute atomic E-state index is 11.6. The third-order valence-corrected chi connectivity index (χ3v) is 4.17. The first-order valence-electron chi connectivity index (χ1n) is 10.2. The molecule has 0 aromatic heterocycles. The molecule has 11 nitrogen and oxygen atoms in total. The van der Waals surface area contributed by atoms with Gasteiger partial charge in [0.25, 0.3) is 11.8 Å². The highest BCUT2D eigenvalue weighted by atomic mass is 16.5. The fraction of sp³-hybridized carbons (Fsp3) is 0.364. The summed E-state index contributed by atoms with van der Waals surface area (Å²) in [6, 6.07) is 10.9. The molecule has 2 aromatic carbocycles. The van der Waals surface area contributed by atoms with E-state index in [4.69, 9.17) is 25.1 Å². The molecule has 2 aromatic rings. The first-order chi connectivity index (χ1) is 15.8. The highest BCUT2D eigenvalue weighted by molar-refractivity contribution is 5.95. The number of carbonyl (C=O) groups excluding carboxylic acids is 2. The quantitative estimate of drug-likeness (QED) is 0.163. The Bertz CT molecular complexity index is 922. The minimum Gasteiger partial charge on any atom is -0.507 e. The van der Waals surface area contributed by atoms with Crippen LogP contribution in [0.15, 0.2) is 42.5 Å². The van der Waals surface area contributed by atoms with Crippen molar-refractivity contribution in [3.8, 4) is 23.0 Å². The maximum atomic E-state index is 11.6. The largest absolute Gasteiger partial charge is 0.507 e. The van der Waals surface area contributed by atoms with Gasteiger partial charge >= 0.3 is 0 Å². The van der Waals surface area contributed by atoms with Crippen LogP contribution in [0.1, 0.15) is 17.3 Å². The van der Waals surface area contributed by atoms with Gasteiger partial charge in [-0.25, -0.2) is 0 Å². The lowest BCUT2D eigenvalue weighted by Crippen LogP contribution is -2.35. The number of hydrogen-bond donors (Lipinski definition) is 6. The SMILES string of the molecule is CC(O)NC(=O)COc1ccccc1OCC(O)CNCCOc1ccc(O)c(C(N)=O)c1. The minimum atomic E-state index is -0.977. The molecule has 0 radical (unpaired) electrons. The molecule has 0 saturated carbocycles. The Labute approximate surface area is 191 Å². The Morgan fingerprint density at radius 3 is 2.42 bits per heavy atom. The van der Waals surface area contributed by atoms with E-state index in [9.17, 15) is 19.8 Å². The van der Waals surface area contributed by atoms with E-state index in [1.807, 2.05) is 0 Å². The molecule has 0 bridgehead atoms. The first-order valence-corrected chi connectivity index (χ1v) is 10.2. The fourth-order valence-corrected chi connectivity index (χ4v) is 2.66. The van der Waals surface area contributed by atoms with Gasteiger partial charge in [-0.15, -0.1) is 0 Å². The summed E-state index contributed by atoms with van der Waals surface area (Å²) in [7, 11) is 0. The lowest BCUT2D eigenvalue weighted by molar-refractivity contribution is -0.125. The number of aromatic hydroxyl groups is 1. The normalized spacial score (nSPS) is 12.5. The third-order valence-electron chi connectivity index (χ3n) is 4.17. The number of ether oxygens (including phenoxy) is 3. The molecule has 2 unspecified atom stereocenters. The average molecular weight is 463 g/mol. The van der Waals surface area contributed by atoms with Crippen LogP contribution >= 0.6 is 0 Å². The highest BCUT2D eigenvalue weighted by Crippen LogP contribution is 2.26. The number of rotatable bonds is 14. The topological polar surface area (TPSA) is 173 Å². The van der Waals surface area contributed by atoms with Crippen molar-refractivity contribution in [1.29, 1.82) is 0 Å². The number of para-hydroxylation sites is 2. The zero-order chi connectivity index (χ0) is 24.2. The number of aliphatic hydroxyl groups is 2. The van der Waals surface area contributed by atoms with Gasteiger partial charge in [-0.1, -0.05) is 12.1 Å². The molecule has 0 aliphatic carbocycles. The van der Waals surface area contributed by atoms with Crippen molar-refractivity contribution < 1.29 is 39.1 Å². The van der Waals surface area contributed by atoms with Crippen molar-refractivity contribution in [2.75, 3.05) is 32.9 Å². The molecule has 0 heterocycles. The summed E-state index contributed by atoms with van der Waals surface area (Å²) >= 11 is 0. The Kier molecular flexibility index (Phi) is 10.2. The fourth-order valence-electron chi connectivity index (χ4n) is 2.66. The van der Waals surface area contributed by atoms with Crippen molar-refractivity contribution >= 4 is 11.8 Å². The number of aliphatic hydroxyl groups excluding tert-OH is 2. The number of nitrogens with two attached hydrogens (primary N) is 1.